The van der Waals surface area contributed by atoms with Gasteiger partial charge in [0.15, 0.2) is 0 Å². The highest BCUT2D eigenvalue weighted by Crippen LogP contribution is 2.15. The quantitative estimate of drug-likeness (QED) is 0.811. The molecule has 0 aromatic carbocycles. The van der Waals surface area contributed by atoms with Crippen molar-refractivity contribution < 1.29 is 0 Å². The Morgan fingerprint density at radius 3 is 2.48 bits per heavy atom. The van der Waals surface area contributed by atoms with Crippen molar-refractivity contribution >= 4 is 0 Å². The molecule has 2 aromatic heterocycles. The van der Waals surface area contributed by atoms with E-state index >= 15 is 0 Å². The molecule has 4 heteroatoms. The van der Waals surface area contributed by atoms with Gasteiger partial charge in [-0.05, 0) is 38.1 Å². The largest absolute Gasteiger partial charge is 0.316 e. The molecule has 1 N–H and O–H groups in total. The molecule has 21 heavy (non-hydrogen) atoms. The van der Waals surface area contributed by atoms with E-state index in [1.54, 1.807) is 0 Å². The molecule has 0 spiro atoms. The molecule has 1 atom stereocenters. The molecule has 0 radical (unpaired) electrons. The predicted octanol–water partition coefficient (Wildman–Crippen LogP) is 3.01. The summed E-state index contributed by atoms with van der Waals surface area (Å²) in [6.45, 7) is 4.43. The van der Waals surface area contributed by atoms with Gasteiger partial charge >= 0.3 is 0 Å². The third-order valence-corrected chi connectivity index (χ3v) is 4.03. The maximum Gasteiger partial charge on any atom is 0.0640 e. The Labute approximate surface area is 127 Å². The molecule has 1 unspecified atom stereocenters. The summed E-state index contributed by atoms with van der Waals surface area (Å²) in [5, 5.41) is 8.11. The van der Waals surface area contributed by atoms with Gasteiger partial charge in [0.05, 0.1) is 11.7 Å². The molecule has 0 aliphatic heterocycles. The highest BCUT2D eigenvalue weighted by atomic mass is 15.3. The Bertz CT molecular complexity index is 517. The maximum atomic E-state index is 4.74. The van der Waals surface area contributed by atoms with Crippen molar-refractivity contribution in [3.8, 4) is 0 Å². The van der Waals surface area contributed by atoms with E-state index in [0.717, 1.165) is 37.1 Å². The van der Waals surface area contributed by atoms with Crippen LogP contribution in [0.1, 0.15) is 44.1 Å². The third kappa shape index (κ3) is 4.39. The van der Waals surface area contributed by atoms with Crippen LogP contribution in [-0.4, -0.2) is 27.9 Å². The first kappa shape index (κ1) is 15.7. The van der Waals surface area contributed by atoms with Crippen molar-refractivity contribution in [2.24, 2.45) is 0 Å². The number of aromatic nitrogens is 3. The second-order valence-corrected chi connectivity index (χ2v) is 5.47. The standard InChI is InChI=1S/C17H26N4/c1-4-17(5-2)21-11-9-15(20-21)13-16(18-3)12-14-8-6-7-10-19-14/h6-11,16-18H,4-5,12-13H2,1-3H3. The lowest BCUT2D eigenvalue weighted by atomic mass is 10.1. The highest BCUT2D eigenvalue weighted by molar-refractivity contribution is 5.08. The van der Waals surface area contributed by atoms with Crippen LogP contribution in [0.5, 0.6) is 0 Å². The van der Waals surface area contributed by atoms with E-state index in [2.05, 4.69) is 47.2 Å². The van der Waals surface area contributed by atoms with Crippen molar-refractivity contribution in [3.63, 3.8) is 0 Å². The molecule has 0 aliphatic carbocycles. The average molecular weight is 286 g/mol. The van der Waals surface area contributed by atoms with Gasteiger partial charge in [0.1, 0.15) is 0 Å². The van der Waals surface area contributed by atoms with E-state index < -0.39 is 0 Å². The zero-order valence-electron chi connectivity index (χ0n) is 13.3. The van der Waals surface area contributed by atoms with Gasteiger partial charge in [0.2, 0.25) is 0 Å². The summed E-state index contributed by atoms with van der Waals surface area (Å²) in [5.41, 5.74) is 2.27. The molecule has 4 nitrogen and oxygen atoms in total. The fourth-order valence-corrected chi connectivity index (χ4v) is 2.65. The van der Waals surface area contributed by atoms with Crippen LogP contribution in [-0.2, 0) is 12.8 Å². The van der Waals surface area contributed by atoms with Gasteiger partial charge < -0.3 is 5.32 Å². The Hall–Kier alpha value is -1.68. The molecule has 0 aliphatic rings. The summed E-state index contributed by atoms with van der Waals surface area (Å²) in [6, 6.07) is 9.09. The molecule has 0 saturated carbocycles. The topological polar surface area (TPSA) is 42.7 Å². The smallest absolute Gasteiger partial charge is 0.0640 e. The van der Waals surface area contributed by atoms with Crippen LogP contribution in [0.2, 0.25) is 0 Å². The lowest BCUT2D eigenvalue weighted by Gasteiger charge is -2.15. The van der Waals surface area contributed by atoms with E-state index in [1.807, 2.05) is 25.4 Å². The molecule has 0 fully saturated rings. The zero-order valence-corrected chi connectivity index (χ0v) is 13.3. The first-order valence-electron chi connectivity index (χ1n) is 7.88. The average Bonchev–Trinajstić information content (AvgIpc) is 2.97. The summed E-state index contributed by atoms with van der Waals surface area (Å²) in [4.78, 5) is 4.40. The van der Waals surface area contributed by atoms with Crippen LogP contribution in [0.3, 0.4) is 0 Å². The number of rotatable bonds is 8. The molecular weight excluding hydrogens is 260 g/mol. The normalized spacial score (nSPS) is 12.8. The molecule has 114 valence electrons. The number of hydrogen-bond donors (Lipinski definition) is 1. The number of likely N-dealkylation sites (N-methyl/N-ethyl adjacent to an activating group) is 1. The summed E-state index contributed by atoms with van der Waals surface area (Å²) in [7, 11) is 2.01. The Morgan fingerprint density at radius 2 is 1.86 bits per heavy atom. The van der Waals surface area contributed by atoms with Crippen molar-refractivity contribution in [2.45, 2.75) is 51.6 Å². The molecule has 2 rings (SSSR count). The number of hydrogen-bond acceptors (Lipinski definition) is 3. The fourth-order valence-electron chi connectivity index (χ4n) is 2.65. The molecule has 0 amide bonds. The van der Waals surface area contributed by atoms with E-state index in [1.165, 1.54) is 0 Å². The van der Waals surface area contributed by atoms with E-state index in [9.17, 15) is 0 Å². The minimum absolute atomic E-state index is 0.366. The molecule has 0 bridgehead atoms. The summed E-state index contributed by atoms with van der Waals surface area (Å²) in [5.74, 6) is 0. The molecular formula is C17H26N4. The number of nitrogens with one attached hydrogen (secondary N) is 1. The van der Waals surface area contributed by atoms with Gasteiger partial charge in [-0.2, -0.15) is 5.10 Å². The highest BCUT2D eigenvalue weighted by Gasteiger charge is 2.13. The van der Waals surface area contributed by atoms with Crippen molar-refractivity contribution in [1.29, 1.82) is 0 Å². The Balaban J connectivity index is 1.99. The predicted molar refractivity (Wildman–Crippen MR) is 86.3 cm³/mol. The molecule has 2 heterocycles. The van der Waals surface area contributed by atoms with Gasteiger partial charge in [-0.15, -0.1) is 0 Å². The first-order chi connectivity index (χ1) is 10.3. The van der Waals surface area contributed by atoms with E-state index in [4.69, 9.17) is 5.10 Å². The van der Waals surface area contributed by atoms with Gasteiger partial charge in [0.25, 0.3) is 0 Å². The van der Waals surface area contributed by atoms with Crippen LogP contribution in [0.4, 0.5) is 0 Å². The minimum Gasteiger partial charge on any atom is -0.316 e. The van der Waals surface area contributed by atoms with Crippen LogP contribution in [0.15, 0.2) is 36.7 Å². The summed E-state index contributed by atoms with van der Waals surface area (Å²) in [6.07, 6.45) is 8.07. The van der Waals surface area contributed by atoms with Crippen LogP contribution >= 0.6 is 0 Å². The van der Waals surface area contributed by atoms with Crippen LogP contribution in [0.25, 0.3) is 0 Å². The lowest BCUT2D eigenvalue weighted by Crippen LogP contribution is -2.30. The monoisotopic (exact) mass is 286 g/mol. The molecule has 2 aromatic rings. The summed E-state index contributed by atoms with van der Waals surface area (Å²) < 4.78 is 2.11. The van der Waals surface area contributed by atoms with Gasteiger partial charge in [-0.1, -0.05) is 19.9 Å². The molecule has 0 saturated heterocycles. The van der Waals surface area contributed by atoms with Crippen molar-refractivity contribution in [2.75, 3.05) is 7.05 Å². The maximum absolute atomic E-state index is 4.74. The van der Waals surface area contributed by atoms with Gasteiger partial charge in [-0.3, -0.25) is 9.67 Å². The van der Waals surface area contributed by atoms with E-state index in [0.29, 0.717) is 12.1 Å². The van der Waals surface area contributed by atoms with Gasteiger partial charge in [0, 0.05) is 37.0 Å². The number of pyridine rings is 1. The van der Waals surface area contributed by atoms with Crippen molar-refractivity contribution in [3.05, 3.63) is 48.0 Å². The minimum atomic E-state index is 0.366. The Morgan fingerprint density at radius 1 is 1.10 bits per heavy atom. The Kier molecular flexibility index (Phi) is 5.93. The third-order valence-electron chi connectivity index (χ3n) is 4.03. The van der Waals surface area contributed by atoms with Crippen molar-refractivity contribution in [1.82, 2.24) is 20.1 Å². The van der Waals surface area contributed by atoms with Crippen LogP contribution < -0.4 is 5.32 Å². The first-order valence-corrected chi connectivity index (χ1v) is 7.88. The van der Waals surface area contributed by atoms with Gasteiger partial charge in [-0.25, -0.2) is 0 Å². The zero-order chi connectivity index (χ0) is 15.1. The number of nitrogens with zero attached hydrogens (tertiary/aromatic N) is 3. The SMILES string of the molecule is CCC(CC)n1ccc(CC(Cc2ccccn2)NC)n1. The lowest BCUT2D eigenvalue weighted by molar-refractivity contribution is 0.422. The van der Waals surface area contributed by atoms with Crippen LogP contribution in [0, 0.1) is 0 Å². The van der Waals surface area contributed by atoms with E-state index in [-0.39, 0.29) is 0 Å². The second-order valence-electron chi connectivity index (χ2n) is 5.47. The summed E-state index contributed by atoms with van der Waals surface area (Å²) >= 11 is 0. The second kappa shape index (κ2) is 7.93. The fraction of sp³-hybridized carbons (Fsp3) is 0.529.